The number of rotatable bonds is 17. The van der Waals surface area contributed by atoms with Crippen molar-refractivity contribution in [1.82, 2.24) is 30.9 Å². The van der Waals surface area contributed by atoms with Crippen LogP contribution in [-0.4, -0.2) is 86.3 Å². The number of aromatic nitrogens is 3. The molecule has 0 aliphatic rings. The lowest BCUT2D eigenvalue weighted by Gasteiger charge is -2.25. The number of hydrogen-bond donors (Lipinski definition) is 10. The molecule has 3 rings (SSSR count). The van der Waals surface area contributed by atoms with Crippen molar-refractivity contribution in [3.63, 3.8) is 0 Å². The summed E-state index contributed by atoms with van der Waals surface area (Å²) in [5, 5.41) is 18.3. The first-order valence-electron chi connectivity index (χ1n) is 13.7. The van der Waals surface area contributed by atoms with Gasteiger partial charge >= 0.3 is 5.97 Å². The molecule has 0 spiro atoms. The second-order valence-corrected chi connectivity index (χ2v) is 10.1. The molecule has 44 heavy (non-hydrogen) atoms. The Morgan fingerprint density at radius 1 is 0.909 bits per heavy atom. The summed E-state index contributed by atoms with van der Waals surface area (Å²) in [7, 11) is 0. The van der Waals surface area contributed by atoms with Gasteiger partial charge in [0.05, 0.1) is 18.8 Å². The molecule has 236 valence electrons. The second kappa shape index (κ2) is 15.7. The molecule has 17 heteroatoms. The fraction of sp³-hybridized carbons (Fsp3) is 0.370. The van der Waals surface area contributed by atoms with Crippen molar-refractivity contribution in [3.8, 4) is 0 Å². The number of benzene rings is 1. The number of primary amides is 1. The van der Waals surface area contributed by atoms with E-state index in [2.05, 4.69) is 35.9 Å². The van der Waals surface area contributed by atoms with Gasteiger partial charge in [0.25, 0.3) is 0 Å². The Morgan fingerprint density at radius 3 is 2.25 bits per heavy atom. The van der Waals surface area contributed by atoms with Gasteiger partial charge in [-0.1, -0.05) is 18.2 Å². The minimum atomic E-state index is -1.33. The Hall–Kier alpha value is -5.45. The third kappa shape index (κ3) is 9.83. The van der Waals surface area contributed by atoms with Crippen LogP contribution in [0.3, 0.4) is 0 Å². The number of nitrogens with two attached hydrogens (primary N) is 4. The van der Waals surface area contributed by atoms with Crippen LogP contribution >= 0.6 is 0 Å². The van der Waals surface area contributed by atoms with E-state index in [-0.39, 0.29) is 38.2 Å². The Balaban J connectivity index is 1.79. The number of para-hydroxylation sites is 1. The zero-order chi connectivity index (χ0) is 32.2. The highest BCUT2D eigenvalue weighted by Gasteiger charge is 2.31. The number of H-pyrrole nitrogens is 2. The molecule has 14 N–H and O–H groups in total. The summed E-state index contributed by atoms with van der Waals surface area (Å²) >= 11 is 0. The van der Waals surface area contributed by atoms with Gasteiger partial charge in [-0.2, -0.15) is 0 Å². The highest BCUT2D eigenvalue weighted by atomic mass is 16.4. The van der Waals surface area contributed by atoms with E-state index < -0.39 is 60.2 Å². The molecule has 0 radical (unpaired) electrons. The number of hydrogen-bond acceptors (Lipinski definition) is 8. The minimum Gasteiger partial charge on any atom is -0.480 e. The Morgan fingerprint density at radius 2 is 1.59 bits per heavy atom. The third-order valence-corrected chi connectivity index (χ3v) is 6.66. The van der Waals surface area contributed by atoms with Crippen molar-refractivity contribution in [2.75, 3.05) is 6.54 Å². The zero-order valence-electron chi connectivity index (χ0n) is 23.8. The lowest BCUT2D eigenvalue weighted by atomic mass is 10.0. The van der Waals surface area contributed by atoms with E-state index in [1.54, 1.807) is 6.20 Å². The molecule has 4 amide bonds. The highest BCUT2D eigenvalue weighted by molar-refractivity contribution is 5.95. The van der Waals surface area contributed by atoms with Crippen molar-refractivity contribution in [3.05, 3.63) is 54.2 Å². The lowest BCUT2D eigenvalue weighted by molar-refractivity contribution is -0.142. The molecule has 0 saturated heterocycles. The smallest absolute Gasteiger partial charge is 0.326 e. The van der Waals surface area contributed by atoms with E-state index in [1.807, 2.05) is 24.3 Å². The molecule has 2 aromatic heterocycles. The van der Waals surface area contributed by atoms with Crippen LogP contribution in [-0.2, 0) is 36.8 Å². The number of imidazole rings is 1. The predicted octanol–water partition coefficient (Wildman–Crippen LogP) is -2.53. The number of carboxylic acid groups (broad SMARTS) is 1. The van der Waals surface area contributed by atoms with Crippen molar-refractivity contribution in [2.24, 2.45) is 27.9 Å². The number of amides is 4. The molecule has 2 heterocycles. The average Bonchev–Trinajstić information content (AvgIpc) is 3.63. The van der Waals surface area contributed by atoms with E-state index in [1.165, 1.54) is 12.5 Å². The average molecular weight is 612 g/mol. The summed E-state index contributed by atoms with van der Waals surface area (Å²) in [4.78, 5) is 76.7. The summed E-state index contributed by atoms with van der Waals surface area (Å²) in [5.41, 5.74) is 23.5. The van der Waals surface area contributed by atoms with Crippen LogP contribution in [0.2, 0.25) is 0 Å². The number of aliphatic imine (C=N–C) groups is 1. The predicted molar refractivity (Wildman–Crippen MR) is 159 cm³/mol. The molecule has 0 aliphatic heterocycles. The van der Waals surface area contributed by atoms with E-state index in [9.17, 15) is 29.1 Å². The molecule has 0 saturated carbocycles. The van der Waals surface area contributed by atoms with Gasteiger partial charge in [-0.05, 0) is 24.5 Å². The van der Waals surface area contributed by atoms with E-state index >= 15 is 0 Å². The Labute approximate surface area is 251 Å². The van der Waals surface area contributed by atoms with E-state index in [0.717, 1.165) is 10.9 Å². The van der Waals surface area contributed by atoms with Gasteiger partial charge in [-0.25, -0.2) is 9.78 Å². The van der Waals surface area contributed by atoms with Gasteiger partial charge in [-0.3, -0.25) is 24.2 Å². The Kier molecular flexibility index (Phi) is 11.8. The summed E-state index contributed by atoms with van der Waals surface area (Å²) in [5.74, 6) is -4.60. The summed E-state index contributed by atoms with van der Waals surface area (Å²) < 4.78 is 0. The second-order valence-electron chi connectivity index (χ2n) is 10.1. The number of nitrogens with one attached hydrogen (secondary N) is 5. The lowest BCUT2D eigenvalue weighted by Crippen LogP contribution is -2.58. The number of carboxylic acids is 1. The van der Waals surface area contributed by atoms with Gasteiger partial charge in [0.15, 0.2) is 5.96 Å². The molecule has 0 bridgehead atoms. The molecule has 0 fully saturated rings. The quantitative estimate of drug-likeness (QED) is 0.0433. The number of fused-ring (bicyclic) bond motifs is 1. The normalized spacial score (nSPS) is 13.7. The van der Waals surface area contributed by atoms with Gasteiger partial charge in [-0.15, -0.1) is 0 Å². The maximum atomic E-state index is 13.5. The summed E-state index contributed by atoms with van der Waals surface area (Å²) in [6, 6.07) is 2.20. The van der Waals surface area contributed by atoms with E-state index in [4.69, 9.17) is 22.9 Å². The van der Waals surface area contributed by atoms with Crippen molar-refractivity contribution >= 4 is 46.5 Å². The van der Waals surface area contributed by atoms with Crippen LogP contribution in [0.1, 0.15) is 30.5 Å². The van der Waals surface area contributed by atoms with Crippen molar-refractivity contribution < 1.29 is 29.1 Å². The topological polar surface area (TPSA) is 303 Å². The summed E-state index contributed by atoms with van der Waals surface area (Å²) in [6.07, 6.45) is 4.24. The van der Waals surface area contributed by atoms with Crippen LogP contribution in [0.4, 0.5) is 0 Å². The molecule has 4 unspecified atom stereocenters. The maximum absolute atomic E-state index is 13.5. The van der Waals surface area contributed by atoms with Crippen LogP contribution in [0, 0.1) is 0 Å². The standard InChI is InChI=1S/C27H37N11O6/c28-17(10-22(29)39)23(40)36-19(6-3-7-33-27(30)31)24(41)37-20(9-15-12-32-13-35-15)25(42)38-21(26(43)44)8-14-11-34-18-5-2-1-4-16(14)18/h1-2,4-5,11-13,17,19-21,34H,3,6-10,28H2,(H2,29,39)(H,32,35)(H,36,40)(H,37,41)(H,38,42)(H,43,44)(H4,30,31,33). The first kappa shape index (κ1) is 33.1. The molecule has 0 aliphatic carbocycles. The number of carbonyl (C=O) groups excluding carboxylic acids is 4. The SMILES string of the molecule is NC(=O)CC(N)C(=O)NC(CCCN=C(N)N)C(=O)NC(Cc1cnc[nH]1)C(=O)NC(Cc1c[nH]c2ccccc12)C(=O)O. The molecular formula is C27H37N11O6. The van der Waals surface area contributed by atoms with Crippen LogP contribution < -0.4 is 38.9 Å². The number of aliphatic carboxylic acids is 1. The van der Waals surface area contributed by atoms with Gasteiger partial charge < -0.3 is 54.0 Å². The van der Waals surface area contributed by atoms with Crippen LogP contribution in [0.25, 0.3) is 10.9 Å². The monoisotopic (exact) mass is 611 g/mol. The molecule has 17 nitrogen and oxygen atoms in total. The molecule has 4 atom stereocenters. The van der Waals surface area contributed by atoms with Crippen LogP contribution in [0.5, 0.6) is 0 Å². The fourth-order valence-corrected chi connectivity index (χ4v) is 4.45. The van der Waals surface area contributed by atoms with Gasteiger partial charge in [0.2, 0.25) is 23.6 Å². The minimum absolute atomic E-state index is 0.0307. The first-order chi connectivity index (χ1) is 20.9. The highest BCUT2D eigenvalue weighted by Crippen LogP contribution is 2.19. The fourth-order valence-electron chi connectivity index (χ4n) is 4.45. The molecule has 1 aromatic carbocycles. The number of guanidine groups is 1. The zero-order valence-corrected chi connectivity index (χ0v) is 23.8. The maximum Gasteiger partial charge on any atom is 0.326 e. The van der Waals surface area contributed by atoms with E-state index in [0.29, 0.717) is 11.3 Å². The molecular weight excluding hydrogens is 574 g/mol. The summed E-state index contributed by atoms with van der Waals surface area (Å²) in [6.45, 7) is 0.140. The number of nitrogens with zero attached hydrogens (tertiary/aromatic N) is 2. The number of aromatic amines is 2. The Bertz CT molecular complexity index is 1480. The third-order valence-electron chi connectivity index (χ3n) is 6.66. The van der Waals surface area contributed by atoms with Crippen LogP contribution in [0.15, 0.2) is 48.0 Å². The van der Waals surface area contributed by atoms with Gasteiger partial charge in [0.1, 0.15) is 18.1 Å². The van der Waals surface area contributed by atoms with Gasteiger partial charge in [0, 0.05) is 48.4 Å². The first-order valence-corrected chi connectivity index (χ1v) is 13.7. The van der Waals surface area contributed by atoms with Crippen molar-refractivity contribution in [2.45, 2.75) is 56.3 Å². The molecule has 3 aromatic rings. The largest absolute Gasteiger partial charge is 0.480 e. The number of carbonyl (C=O) groups is 5. The van der Waals surface area contributed by atoms with Crippen molar-refractivity contribution in [1.29, 1.82) is 0 Å².